The van der Waals surface area contributed by atoms with E-state index in [1.165, 1.54) is 13.2 Å². The van der Waals surface area contributed by atoms with Crippen molar-refractivity contribution in [2.24, 2.45) is 0 Å². The minimum absolute atomic E-state index is 0.0484. The summed E-state index contributed by atoms with van der Waals surface area (Å²) >= 11 is 0. The number of alkyl halides is 3. The first-order valence-electron chi connectivity index (χ1n) is 9.49. The Kier molecular flexibility index (Phi) is 6.69. The van der Waals surface area contributed by atoms with Gasteiger partial charge in [0, 0.05) is 18.1 Å². The van der Waals surface area contributed by atoms with Crippen LogP contribution in [0, 0.1) is 0 Å². The Hall–Kier alpha value is -3.27. The summed E-state index contributed by atoms with van der Waals surface area (Å²) in [6.07, 6.45) is -2.41. The highest BCUT2D eigenvalue weighted by Crippen LogP contribution is 2.32. The third kappa shape index (κ3) is 5.46. The highest BCUT2D eigenvalue weighted by Gasteiger charge is 2.35. The molecule has 10 heteroatoms. The molecule has 0 bridgehead atoms. The van der Waals surface area contributed by atoms with Gasteiger partial charge in [-0.2, -0.15) is 18.3 Å². The number of halogens is 3. The van der Waals surface area contributed by atoms with Gasteiger partial charge in [0.05, 0.1) is 19.3 Å². The molecule has 31 heavy (non-hydrogen) atoms. The fourth-order valence-electron chi connectivity index (χ4n) is 3.17. The van der Waals surface area contributed by atoms with Crippen molar-refractivity contribution in [2.45, 2.75) is 19.0 Å². The Morgan fingerprint density at radius 1 is 1.16 bits per heavy atom. The number of Topliss-reactive ketones (excluding diaryl/α,β-unsaturated/α-hetero) is 1. The first-order chi connectivity index (χ1) is 14.7. The number of carbonyl (C=O) groups is 2. The van der Waals surface area contributed by atoms with Crippen molar-refractivity contribution in [1.82, 2.24) is 19.5 Å². The molecule has 0 aliphatic carbocycles. The summed E-state index contributed by atoms with van der Waals surface area (Å²) in [5.41, 5.74) is -0.540. The van der Waals surface area contributed by atoms with Crippen LogP contribution in [0.25, 0.3) is 16.9 Å². The summed E-state index contributed by atoms with van der Waals surface area (Å²) < 4.78 is 45.4. The Balaban J connectivity index is 0.000000287. The zero-order chi connectivity index (χ0) is 22.6. The van der Waals surface area contributed by atoms with Crippen LogP contribution in [0.1, 0.15) is 29.0 Å². The molecule has 1 aliphatic heterocycles. The molecular weight excluding hydrogens is 413 g/mol. The average molecular weight is 434 g/mol. The van der Waals surface area contributed by atoms with Crippen molar-refractivity contribution in [3.8, 4) is 17.0 Å². The number of aldehydes is 1. The quantitative estimate of drug-likeness (QED) is 0.587. The number of nitrogens with zero attached hydrogens (tertiary/aromatic N) is 4. The second-order valence-corrected chi connectivity index (χ2v) is 7.09. The second kappa shape index (κ2) is 9.25. The van der Waals surface area contributed by atoms with Crippen LogP contribution < -0.4 is 4.74 Å². The molecule has 3 heterocycles. The van der Waals surface area contributed by atoms with Crippen LogP contribution in [0.3, 0.4) is 0 Å². The van der Waals surface area contributed by atoms with Gasteiger partial charge in [0.1, 0.15) is 17.2 Å². The molecule has 0 atom stereocenters. The van der Waals surface area contributed by atoms with Crippen LogP contribution in [0.5, 0.6) is 5.75 Å². The molecule has 1 aliphatic rings. The molecule has 1 saturated heterocycles. The molecule has 1 aromatic carbocycles. The lowest BCUT2D eigenvalue weighted by molar-refractivity contribution is -0.142. The minimum Gasteiger partial charge on any atom is -0.497 e. The van der Waals surface area contributed by atoms with Gasteiger partial charge in [0.15, 0.2) is 17.6 Å². The minimum atomic E-state index is -4.63. The van der Waals surface area contributed by atoms with E-state index in [1.807, 2.05) is 7.05 Å². The number of ketones is 1. The van der Waals surface area contributed by atoms with E-state index in [0.29, 0.717) is 34.4 Å². The highest BCUT2D eigenvalue weighted by molar-refractivity contribution is 5.81. The SMILES string of the molecule is CN1CCCC(=O)C1.COc1ccc(-c2cc(C(F)(F)F)n3nc(C=O)cc3n2)cc1. The molecule has 0 amide bonds. The Morgan fingerprint density at radius 2 is 1.87 bits per heavy atom. The molecule has 0 spiro atoms. The van der Waals surface area contributed by atoms with Crippen molar-refractivity contribution >= 4 is 17.7 Å². The molecule has 0 saturated carbocycles. The maximum atomic E-state index is 13.2. The normalized spacial score (nSPS) is 14.8. The van der Waals surface area contributed by atoms with Crippen molar-refractivity contribution in [2.75, 3.05) is 27.2 Å². The van der Waals surface area contributed by atoms with E-state index >= 15 is 0 Å². The Morgan fingerprint density at radius 3 is 2.39 bits per heavy atom. The molecule has 2 aromatic heterocycles. The van der Waals surface area contributed by atoms with Gasteiger partial charge in [-0.25, -0.2) is 9.50 Å². The zero-order valence-corrected chi connectivity index (χ0v) is 17.0. The van der Waals surface area contributed by atoms with Gasteiger partial charge < -0.3 is 4.74 Å². The number of carbonyl (C=O) groups excluding carboxylic acids is 2. The molecule has 0 radical (unpaired) electrons. The van der Waals surface area contributed by atoms with E-state index in [9.17, 15) is 22.8 Å². The number of piperidine rings is 1. The lowest BCUT2D eigenvalue weighted by atomic mass is 10.1. The predicted octanol–water partition coefficient (Wildman–Crippen LogP) is 3.52. The van der Waals surface area contributed by atoms with Gasteiger partial charge in [-0.15, -0.1) is 0 Å². The number of benzene rings is 1. The number of aromatic nitrogens is 3. The summed E-state index contributed by atoms with van der Waals surface area (Å²) in [4.78, 5) is 27.6. The van der Waals surface area contributed by atoms with Crippen molar-refractivity contribution in [3.63, 3.8) is 0 Å². The maximum absolute atomic E-state index is 13.2. The van der Waals surface area contributed by atoms with Crippen molar-refractivity contribution in [1.29, 1.82) is 0 Å². The van der Waals surface area contributed by atoms with Crippen LogP contribution in [0.15, 0.2) is 36.4 Å². The smallest absolute Gasteiger partial charge is 0.433 e. The molecule has 1 fully saturated rings. The molecule has 0 N–H and O–H groups in total. The number of rotatable bonds is 3. The van der Waals surface area contributed by atoms with Gasteiger partial charge >= 0.3 is 6.18 Å². The number of likely N-dealkylation sites (tertiary alicyclic amines) is 1. The number of hydrogen-bond acceptors (Lipinski definition) is 6. The van der Waals surface area contributed by atoms with Gasteiger partial charge in [0.25, 0.3) is 0 Å². The Labute approximate surface area is 176 Å². The molecule has 0 unspecified atom stereocenters. The van der Waals surface area contributed by atoms with Gasteiger partial charge in [-0.05, 0) is 50.3 Å². The monoisotopic (exact) mass is 434 g/mol. The number of ether oxygens (including phenoxy) is 1. The van der Waals surface area contributed by atoms with Crippen LogP contribution in [-0.4, -0.2) is 58.8 Å². The summed E-state index contributed by atoms with van der Waals surface area (Å²) in [7, 11) is 3.48. The molecule has 4 rings (SSSR count). The largest absolute Gasteiger partial charge is 0.497 e. The van der Waals surface area contributed by atoms with E-state index in [2.05, 4.69) is 15.0 Å². The summed E-state index contributed by atoms with van der Waals surface area (Å²) in [6, 6.07) is 8.57. The van der Waals surface area contributed by atoms with Crippen LogP contribution in [0.4, 0.5) is 13.2 Å². The lowest BCUT2D eigenvalue weighted by Crippen LogP contribution is -2.31. The average Bonchev–Trinajstić information content (AvgIpc) is 3.16. The molecule has 3 aromatic rings. The third-order valence-electron chi connectivity index (χ3n) is 4.68. The number of hydrogen-bond donors (Lipinski definition) is 0. The van der Waals surface area contributed by atoms with Gasteiger partial charge in [-0.1, -0.05) is 0 Å². The first-order valence-corrected chi connectivity index (χ1v) is 9.49. The topological polar surface area (TPSA) is 76.8 Å². The van der Waals surface area contributed by atoms with Crippen LogP contribution in [0.2, 0.25) is 0 Å². The Bertz CT molecular complexity index is 1080. The number of likely N-dealkylation sites (N-methyl/N-ethyl adjacent to an activating group) is 1. The van der Waals surface area contributed by atoms with E-state index < -0.39 is 11.9 Å². The predicted molar refractivity (Wildman–Crippen MR) is 107 cm³/mol. The van der Waals surface area contributed by atoms with Gasteiger partial charge in [0.2, 0.25) is 0 Å². The van der Waals surface area contributed by atoms with Gasteiger partial charge in [-0.3, -0.25) is 14.5 Å². The van der Waals surface area contributed by atoms with Crippen molar-refractivity contribution in [3.05, 3.63) is 47.8 Å². The van der Waals surface area contributed by atoms with Crippen molar-refractivity contribution < 1.29 is 27.5 Å². The second-order valence-electron chi connectivity index (χ2n) is 7.09. The number of methoxy groups -OCH3 is 1. The fraction of sp³-hybridized carbons (Fsp3) is 0.333. The lowest BCUT2D eigenvalue weighted by Gasteiger charge is -2.19. The summed E-state index contributed by atoms with van der Waals surface area (Å²) in [5.74, 6) is 0.970. The van der Waals surface area contributed by atoms with E-state index in [-0.39, 0.29) is 17.0 Å². The first kappa shape index (κ1) is 22.4. The zero-order valence-electron chi connectivity index (χ0n) is 17.0. The third-order valence-corrected chi connectivity index (χ3v) is 4.68. The highest BCUT2D eigenvalue weighted by atomic mass is 19.4. The molecule has 164 valence electrons. The molecular formula is C21H21F3N4O3. The number of fused-ring (bicyclic) bond motifs is 1. The summed E-state index contributed by atoms with van der Waals surface area (Å²) in [6.45, 7) is 1.76. The van der Waals surface area contributed by atoms with E-state index in [4.69, 9.17) is 4.74 Å². The molecule has 7 nitrogen and oxygen atoms in total. The standard InChI is InChI=1S/C15H10F3N3O2.C6H11NO/c1-23-11-4-2-9(3-5-11)12-7-13(15(16,17)18)21-14(19-12)6-10(8-22)20-21;1-7-4-2-3-6(8)5-7/h2-8H,1H3;2-5H2,1H3. The van der Waals surface area contributed by atoms with E-state index in [0.717, 1.165) is 25.5 Å². The van der Waals surface area contributed by atoms with E-state index in [1.54, 1.807) is 24.3 Å². The summed E-state index contributed by atoms with van der Waals surface area (Å²) in [5, 5.41) is 3.61. The maximum Gasteiger partial charge on any atom is 0.433 e. The van der Waals surface area contributed by atoms with Crippen LogP contribution >= 0.6 is 0 Å². The van der Waals surface area contributed by atoms with Crippen LogP contribution in [-0.2, 0) is 11.0 Å². The fourth-order valence-corrected chi connectivity index (χ4v) is 3.17.